The predicted molar refractivity (Wildman–Crippen MR) is 122 cm³/mol. The van der Waals surface area contributed by atoms with E-state index in [1.807, 2.05) is 25.0 Å². The average Bonchev–Trinajstić information content (AvgIpc) is 3.40. The van der Waals surface area contributed by atoms with Crippen LogP contribution in [0.5, 0.6) is 0 Å². The Morgan fingerprint density at radius 1 is 0.697 bits per heavy atom. The predicted octanol–water partition coefficient (Wildman–Crippen LogP) is 2.27. The number of imidazole rings is 2. The highest BCUT2D eigenvalue weighted by Crippen LogP contribution is 1.90. The van der Waals surface area contributed by atoms with Crippen molar-refractivity contribution < 1.29 is 36.3 Å². The normalized spacial score (nSPS) is 10.6. The van der Waals surface area contributed by atoms with E-state index in [1.165, 1.54) is 38.5 Å². The van der Waals surface area contributed by atoms with Crippen LogP contribution in [0, 0.1) is 0 Å². The van der Waals surface area contributed by atoms with E-state index < -0.39 is 10.4 Å². The van der Waals surface area contributed by atoms with Crippen molar-refractivity contribution in [3.8, 4) is 0 Å². The summed E-state index contributed by atoms with van der Waals surface area (Å²) in [6.45, 7) is 12.5. The topological polar surface area (TPSA) is 116 Å². The number of hydrogen-bond donors (Lipinski definition) is 0. The summed E-state index contributed by atoms with van der Waals surface area (Å²) in [5.41, 5.74) is 0. The van der Waals surface area contributed by atoms with E-state index in [1.54, 1.807) is 9.46 Å². The van der Waals surface area contributed by atoms with E-state index in [4.69, 9.17) is 27.2 Å². The van der Waals surface area contributed by atoms with E-state index in [9.17, 15) is 0 Å². The molecule has 2 aromatic heterocycles. The molecule has 0 atom stereocenters. The molecule has 0 radical (unpaired) electrons. The largest absolute Gasteiger partial charge is 0.759 e. The molecule has 0 aromatic carbocycles. The smallest absolute Gasteiger partial charge is 0.284 e. The van der Waals surface area contributed by atoms with Gasteiger partial charge in [0.15, 0.2) is 12.4 Å². The van der Waals surface area contributed by atoms with Gasteiger partial charge in [-0.3, -0.25) is 8.42 Å². The minimum Gasteiger partial charge on any atom is -0.759 e. The van der Waals surface area contributed by atoms with Crippen LogP contribution in [0.3, 0.4) is 0 Å². The molecule has 0 aliphatic heterocycles. The van der Waals surface area contributed by atoms with Gasteiger partial charge in [-0.2, -0.15) is 0 Å². The lowest BCUT2D eigenvalue weighted by molar-refractivity contribution is -0.697. The summed E-state index contributed by atoms with van der Waals surface area (Å²) in [5, 5.41) is 0. The summed E-state index contributed by atoms with van der Waals surface area (Å²) in [5.74, 6) is 0. The lowest BCUT2D eigenvalue weighted by Crippen LogP contribution is -2.31. The second-order valence-corrected chi connectivity index (χ2v) is 8.33. The van der Waals surface area contributed by atoms with Gasteiger partial charge >= 0.3 is 0 Å². The highest BCUT2D eigenvalue weighted by atomic mass is 32.3. The molecule has 2 heterocycles. The highest BCUT2D eigenvalue weighted by Gasteiger charge is 2.03. The minimum absolute atomic E-state index is 0.805. The molecule has 0 saturated carbocycles. The van der Waals surface area contributed by atoms with Crippen LogP contribution < -0.4 is 18.8 Å². The van der Waals surface area contributed by atoms with Gasteiger partial charge in [0.1, 0.15) is 25.6 Å². The Kier molecular flexibility index (Phi) is 18.1. The van der Waals surface area contributed by atoms with Crippen LogP contribution in [0.2, 0.25) is 0 Å². The van der Waals surface area contributed by atoms with Crippen molar-refractivity contribution in [3.63, 3.8) is 0 Å². The lowest BCUT2D eigenvalue weighted by atomic mass is 10.3. The summed E-state index contributed by atoms with van der Waals surface area (Å²) in [7, 11) is -5.17. The fraction of sp³-hybridized carbons (Fsp3) is 0.727. The van der Waals surface area contributed by atoms with Crippen LogP contribution in [0.15, 0.2) is 37.4 Å². The molecule has 0 unspecified atom stereocenters. The maximum absolute atomic E-state index is 8.52. The maximum Gasteiger partial charge on any atom is 0.284 e. The van der Waals surface area contributed by atoms with Gasteiger partial charge in [0.2, 0.25) is 0 Å². The fourth-order valence-corrected chi connectivity index (χ4v) is 2.48. The first kappa shape index (κ1) is 30.9. The van der Waals surface area contributed by atoms with Gasteiger partial charge in [-0.15, -0.1) is 0 Å². The summed E-state index contributed by atoms with van der Waals surface area (Å²) in [6, 6.07) is 0. The van der Waals surface area contributed by atoms with Crippen LogP contribution >= 0.6 is 0 Å². The molecule has 192 valence electrons. The average molecular weight is 491 g/mol. The maximum atomic E-state index is 8.52. The summed E-state index contributed by atoms with van der Waals surface area (Å²) in [4.78, 5) is 11.0. The molecule has 11 heteroatoms. The monoisotopic (exact) mass is 490 g/mol. The number of aromatic nitrogens is 4. The standard InChI is InChI=1S/2C11H21N2O.H2O4S/c2*1-3-5-7-12-8-9-13(11-12)14-10-6-4-2;1-5(2,3)4/h2*8-9,11H,3-7,10H2,1-2H3;(H2,1,2,3,4)/q2*+1;/p-2. The Hall–Kier alpha value is -2.11. The van der Waals surface area contributed by atoms with Crippen LogP contribution in [-0.4, -0.2) is 40.2 Å². The first-order valence-corrected chi connectivity index (χ1v) is 13.1. The Morgan fingerprint density at radius 3 is 1.33 bits per heavy atom. The molecular weight excluding hydrogens is 448 g/mol. The Labute approximate surface area is 199 Å². The van der Waals surface area contributed by atoms with Crippen molar-refractivity contribution in [1.29, 1.82) is 0 Å². The molecule has 2 rings (SSSR count). The molecule has 2 aromatic rings. The first-order chi connectivity index (χ1) is 15.7. The molecular formula is C22H42N4O6S. The molecule has 0 spiro atoms. The Bertz CT molecular complexity index is 747. The van der Waals surface area contributed by atoms with Crippen LogP contribution in [0.1, 0.15) is 79.1 Å². The van der Waals surface area contributed by atoms with Crippen molar-refractivity contribution in [1.82, 2.24) is 9.46 Å². The van der Waals surface area contributed by atoms with Crippen molar-refractivity contribution >= 4 is 10.4 Å². The van der Waals surface area contributed by atoms with E-state index in [-0.39, 0.29) is 0 Å². The minimum atomic E-state index is -5.17. The number of hydrogen-bond acceptors (Lipinski definition) is 6. The number of aryl methyl sites for hydroxylation is 2. The zero-order chi connectivity index (χ0) is 25.0. The molecule has 0 saturated heterocycles. The van der Waals surface area contributed by atoms with E-state index >= 15 is 0 Å². The van der Waals surface area contributed by atoms with E-state index in [0.717, 1.165) is 39.1 Å². The second kappa shape index (κ2) is 19.4. The Morgan fingerprint density at radius 2 is 1.03 bits per heavy atom. The van der Waals surface area contributed by atoms with Gasteiger partial charge in [0.05, 0.1) is 13.1 Å². The third kappa shape index (κ3) is 20.2. The SMILES string of the molecule is CCCCOn1cc[n+](CCCC)c1.CCCCOn1cc[n+](CCCC)c1.O=S(=O)([O-])[O-]. The van der Waals surface area contributed by atoms with Gasteiger partial charge in [-0.05, 0) is 25.7 Å². The molecule has 0 amide bonds. The second-order valence-electron chi connectivity index (χ2n) is 7.51. The molecule has 0 aliphatic carbocycles. The van der Waals surface area contributed by atoms with E-state index in [2.05, 4.69) is 49.2 Å². The zero-order valence-electron chi connectivity index (χ0n) is 20.6. The summed E-state index contributed by atoms with van der Waals surface area (Å²) < 4.78 is 42.0. The number of unbranched alkanes of at least 4 members (excludes halogenated alkanes) is 4. The zero-order valence-corrected chi connectivity index (χ0v) is 21.4. The molecule has 0 bridgehead atoms. The van der Waals surface area contributed by atoms with Gasteiger partial charge < -0.3 is 18.8 Å². The van der Waals surface area contributed by atoms with Crippen LogP contribution in [0.25, 0.3) is 0 Å². The lowest BCUT2D eigenvalue weighted by Gasteiger charge is -2.06. The van der Waals surface area contributed by atoms with Crippen LogP contribution in [0.4, 0.5) is 0 Å². The molecule has 0 fully saturated rings. The third-order valence-corrected chi connectivity index (χ3v) is 4.35. The van der Waals surface area contributed by atoms with Gasteiger partial charge in [0, 0.05) is 10.4 Å². The summed E-state index contributed by atoms with van der Waals surface area (Å²) >= 11 is 0. The quantitative estimate of drug-likeness (QED) is 0.174. The van der Waals surface area contributed by atoms with Gasteiger partial charge in [-0.1, -0.05) is 62.8 Å². The van der Waals surface area contributed by atoms with Crippen LogP contribution in [-0.2, 0) is 23.5 Å². The van der Waals surface area contributed by atoms with Crippen molar-refractivity contribution in [2.24, 2.45) is 0 Å². The number of nitrogens with zero attached hydrogens (tertiary/aromatic N) is 4. The first-order valence-electron chi connectivity index (χ1n) is 11.8. The van der Waals surface area contributed by atoms with Crippen molar-refractivity contribution in [2.75, 3.05) is 13.2 Å². The molecule has 33 heavy (non-hydrogen) atoms. The summed E-state index contributed by atoms with van der Waals surface area (Å²) in [6.07, 6.45) is 21.6. The molecule has 0 aliphatic rings. The fourth-order valence-electron chi connectivity index (χ4n) is 2.48. The van der Waals surface area contributed by atoms with Gasteiger partial charge in [0.25, 0.3) is 12.7 Å². The van der Waals surface area contributed by atoms with Gasteiger partial charge in [-0.25, -0.2) is 9.13 Å². The molecule has 0 N–H and O–H groups in total. The molecule has 10 nitrogen and oxygen atoms in total. The third-order valence-electron chi connectivity index (χ3n) is 4.35. The van der Waals surface area contributed by atoms with E-state index in [0.29, 0.717) is 0 Å². The number of rotatable bonds is 14. The van der Waals surface area contributed by atoms with Crippen molar-refractivity contribution in [3.05, 3.63) is 37.4 Å². The van der Waals surface area contributed by atoms with Crippen molar-refractivity contribution in [2.45, 2.75) is 92.2 Å². The Balaban J connectivity index is 0.000000517. The highest BCUT2D eigenvalue weighted by molar-refractivity contribution is 7.79.